The number of nitrogens with one attached hydrogen (secondary N) is 1. The molecule has 2 fully saturated rings. The van der Waals surface area contributed by atoms with Crippen molar-refractivity contribution in [1.82, 2.24) is 9.88 Å². The van der Waals surface area contributed by atoms with E-state index in [-0.39, 0.29) is 0 Å². The average molecular weight is 440 g/mol. The molecule has 1 aliphatic carbocycles. The number of nitrogens with zero attached hydrogens (tertiary/aromatic N) is 2. The molecule has 1 N–H and O–H groups in total. The minimum Gasteiger partial charge on any atom is -0.496 e. The van der Waals surface area contributed by atoms with Gasteiger partial charge >= 0.3 is 0 Å². The maximum Gasteiger partial charge on any atom is 0.125 e. The van der Waals surface area contributed by atoms with Crippen molar-refractivity contribution < 1.29 is 14.2 Å². The Kier molecular flexibility index (Phi) is 6.81. The van der Waals surface area contributed by atoms with E-state index >= 15 is 0 Å². The molecule has 0 radical (unpaired) electrons. The fourth-order valence-corrected chi connectivity index (χ4v) is 5.44. The van der Waals surface area contributed by atoms with Gasteiger partial charge in [-0.15, -0.1) is 0 Å². The van der Waals surface area contributed by atoms with E-state index in [1.807, 2.05) is 0 Å². The van der Waals surface area contributed by atoms with Gasteiger partial charge in [-0.25, -0.2) is 0 Å². The first-order chi connectivity index (χ1) is 15.7. The largest absolute Gasteiger partial charge is 0.496 e. The van der Waals surface area contributed by atoms with Gasteiger partial charge in [0.25, 0.3) is 0 Å². The summed E-state index contributed by atoms with van der Waals surface area (Å²) >= 11 is 0. The third kappa shape index (κ3) is 4.73. The second-order valence-electron chi connectivity index (χ2n) is 9.82. The second-order valence-corrected chi connectivity index (χ2v) is 9.82. The van der Waals surface area contributed by atoms with Crippen LogP contribution in [0.1, 0.15) is 43.0 Å². The number of ether oxygens (including phenoxy) is 3. The smallest absolute Gasteiger partial charge is 0.125 e. The topological polar surface area (TPSA) is 55.9 Å². The molecule has 2 atom stereocenters. The zero-order valence-electron chi connectivity index (χ0n) is 19.6. The van der Waals surface area contributed by atoms with Gasteiger partial charge in [0, 0.05) is 47.9 Å². The summed E-state index contributed by atoms with van der Waals surface area (Å²) in [4.78, 5) is 7.57. The van der Waals surface area contributed by atoms with Crippen LogP contribution in [-0.4, -0.2) is 63.0 Å². The van der Waals surface area contributed by atoms with E-state index in [4.69, 9.17) is 19.2 Å². The molecule has 2 aromatic rings. The van der Waals surface area contributed by atoms with Gasteiger partial charge in [-0.2, -0.15) is 0 Å². The molecule has 2 aliphatic heterocycles. The fraction of sp³-hybridized carbons (Fsp3) is 0.654. The van der Waals surface area contributed by atoms with Gasteiger partial charge in [-0.3, -0.25) is 4.98 Å². The molecule has 32 heavy (non-hydrogen) atoms. The number of benzene rings is 1. The Hall–Kier alpha value is -1.89. The highest BCUT2D eigenvalue weighted by molar-refractivity contribution is 5.95. The van der Waals surface area contributed by atoms with Crippen LogP contribution in [0.5, 0.6) is 5.75 Å². The summed E-state index contributed by atoms with van der Waals surface area (Å²) in [7, 11) is 1.75. The van der Waals surface area contributed by atoms with Gasteiger partial charge in [0.1, 0.15) is 5.75 Å². The number of fused-ring (bicyclic) bond motifs is 2. The minimum absolute atomic E-state index is 0.560. The Morgan fingerprint density at radius 1 is 1.22 bits per heavy atom. The molecule has 3 aliphatic rings. The third-order valence-corrected chi connectivity index (χ3v) is 7.27. The summed E-state index contributed by atoms with van der Waals surface area (Å²) in [5.41, 5.74) is 6.01. The highest BCUT2D eigenvalue weighted by Crippen LogP contribution is 2.39. The molecule has 1 unspecified atom stereocenters. The number of hydrogen-bond donors (Lipinski definition) is 1. The number of rotatable bonds is 9. The quantitative estimate of drug-likeness (QED) is 0.595. The molecular weight excluding hydrogens is 402 g/mol. The molecule has 0 saturated carbocycles. The molecule has 0 amide bonds. The van der Waals surface area contributed by atoms with E-state index in [1.54, 1.807) is 7.11 Å². The predicted octanol–water partition coefficient (Wildman–Crippen LogP) is 4.04. The summed E-state index contributed by atoms with van der Waals surface area (Å²) < 4.78 is 17.4. The predicted molar refractivity (Wildman–Crippen MR) is 128 cm³/mol. The van der Waals surface area contributed by atoms with Gasteiger partial charge in [0.05, 0.1) is 32.4 Å². The number of hydrogen-bond acceptors (Lipinski definition) is 6. The monoisotopic (exact) mass is 439 g/mol. The van der Waals surface area contributed by atoms with Crippen LogP contribution in [0, 0.1) is 11.8 Å². The number of pyridine rings is 1. The van der Waals surface area contributed by atoms with Crippen molar-refractivity contribution >= 4 is 16.6 Å². The van der Waals surface area contributed by atoms with Crippen molar-refractivity contribution in [2.45, 2.75) is 45.6 Å². The number of anilines is 1. The molecule has 6 nitrogen and oxygen atoms in total. The summed E-state index contributed by atoms with van der Waals surface area (Å²) in [6.07, 6.45) is 5.91. The number of methoxy groups -OCH3 is 1. The lowest BCUT2D eigenvalue weighted by molar-refractivity contribution is 0.0979. The Balaban J connectivity index is 1.38. The number of likely N-dealkylation sites (tertiary alicyclic amines) is 1. The SMILES string of the molecule is COc1cc2c(NC[C@@H]3CCOC3)c3c(nc2cc1COCCN1CCCC1)CC(C)C3. The molecule has 3 heterocycles. The normalized spacial score (nSPS) is 23.2. The molecule has 5 rings (SSSR count). The maximum atomic E-state index is 6.05. The maximum absolute atomic E-state index is 6.05. The first-order valence-electron chi connectivity index (χ1n) is 12.4. The second kappa shape index (κ2) is 9.94. The average Bonchev–Trinajstić information content (AvgIpc) is 3.55. The van der Waals surface area contributed by atoms with Crippen LogP contribution < -0.4 is 10.1 Å². The highest BCUT2D eigenvalue weighted by Gasteiger charge is 2.26. The summed E-state index contributed by atoms with van der Waals surface area (Å²) in [5.74, 6) is 2.11. The Morgan fingerprint density at radius 3 is 2.88 bits per heavy atom. The zero-order valence-corrected chi connectivity index (χ0v) is 19.6. The molecule has 174 valence electrons. The molecule has 2 saturated heterocycles. The summed E-state index contributed by atoms with van der Waals surface area (Å²) in [6, 6.07) is 4.34. The van der Waals surface area contributed by atoms with Crippen LogP contribution in [0.4, 0.5) is 5.69 Å². The molecule has 0 bridgehead atoms. The van der Waals surface area contributed by atoms with Gasteiger partial charge in [0.2, 0.25) is 0 Å². The van der Waals surface area contributed by atoms with E-state index < -0.39 is 0 Å². The summed E-state index contributed by atoms with van der Waals surface area (Å²) in [6.45, 7) is 9.75. The van der Waals surface area contributed by atoms with Gasteiger partial charge in [0.15, 0.2) is 0 Å². The van der Waals surface area contributed by atoms with Crippen molar-refractivity contribution in [2.24, 2.45) is 11.8 Å². The molecule has 1 aromatic carbocycles. The lowest BCUT2D eigenvalue weighted by Gasteiger charge is -2.19. The van der Waals surface area contributed by atoms with Gasteiger partial charge in [-0.05, 0) is 68.8 Å². The van der Waals surface area contributed by atoms with E-state index in [1.165, 1.54) is 42.9 Å². The minimum atomic E-state index is 0.560. The Morgan fingerprint density at radius 2 is 2.09 bits per heavy atom. The van der Waals surface area contributed by atoms with E-state index in [0.29, 0.717) is 18.4 Å². The third-order valence-electron chi connectivity index (χ3n) is 7.27. The highest BCUT2D eigenvalue weighted by atomic mass is 16.5. The van der Waals surface area contributed by atoms with Crippen molar-refractivity contribution in [3.63, 3.8) is 0 Å². The van der Waals surface area contributed by atoms with Crippen molar-refractivity contribution in [3.8, 4) is 5.75 Å². The lowest BCUT2D eigenvalue weighted by atomic mass is 10.0. The Labute approximate surface area is 191 Å². The van der Waals surface area contributed by atoms with Crippen LogP contribution in [0.3, 0.4) is 0 Å². The molecule has 6 heteroatoms. The lowest BCUT2D eigenvalue weighted by Crippen LogP contribution is -2.23. The first-order valence-corrected chi connectivity index (χ1v) is 12.4. The van der Waals surface area contributed by atoms with Crippen molar-refractivity contribution in [3.05, 3.63) is 29.0 Å². The number of aromatic nitrogens is 1. The first kappa shape index (κ1) is 21.9. The van der Waals surface area contributed by atoms with Gasteiger partial charge in [-0.1, -0.05) is 6.92 Å². The van der Waals surface area contributed by atoms with E-state index in [9.17, 15) is 0 Å². The van der Waals surface area contributed by atoms with Crippen LogP contribution in [0.2, 0.25) is 0 Å². The van der Waals surface area contributed by atoms with E-state index in [2.05, 4.69) is 29.3 Å². The molecule has 1 aromatic heterocycles. The van der Waals surface area contributed by atoms with Crippen LogP contribution in [-0.2, 0) is 28.9 Å². The van der Waals surface area contributed by atoms with Crippen LogP contribution in [0.25, 0.3) is 10.9 Å². The van der Waals surface area contributed by atoms with Crippen LogP contribution in [0.15, 0.2) is 12.1 Å². The van der Waals surface area contributed by atoms with Gasteiger partial charge < -0.3 is 24.4 Å². The molecular formula is C26H37N3O3. The zero-order chi connectivity index (χ0) is 21.9. The summed E-state index contributed by atoms with van der Waals surface area (Å²) in [5, 5.41) is 4.95. The van der Waals surface area contributed by atoms with Crippen LogP contribution >= 0.6 is 0 Å². The standard InChI is InChI=1S/C26H37N3O3/c1-18-11-21-23(12-18)28-24-13-20(17-32-10-8-29-6-3-4-7-29)25(30-2)14-22(24)26(21)27-15-19-5-9-31-16-19/h13-14,18-19H,3-12,15-17H2,1-2H3,(H,27,28)/t18?,19-/m0/s1. The molecule has 0 spiro atoms. The van der Waals surface area contributed by atoms with E-state index in [0.717, 1.165) is 74.4 Å². The van der Waals surface area contributed by atoms with Crippen molar-refractivity contribution in [1.29, 1.82) is 0 Å². The fourth-order valence-electron chi connectivity index (χ4n) is 5.44. The Bertz CT molecular complexity index is 936. The van der Waals surface area contributed by atoms with Crippen molar-refractivity contribution in [2.75, 3.05) is 58.4 Å².